The minimum atomic E-state index is -4.54. The first-order chi connectivity index (χ1) is 7.80. The topological polar surface area (TPSA) is 43.4 Å². The Balaban J connectivity index is 2.75. The number of rotatable bonds is 5. The molecule has 96 valence electrons. The fraction of sp³-hybridized carbons (Fsp3) is 0.500. The molecule has 0 amide bonds. The highest BCUT2D eigenvalue weighted by atomic mass is 32.3. The zero-order valence-corrected chi connectivity index (χ0v) is 11.0. The van der Waals surface area contributed by atoms with Crippen molar-refractivity contribution in [2.75, 3.05) is 6.61 Å². The van der Waals surface area contributed by atoms with Gasteiger partial charge in [0.1, 0.15) is 11.0 Å². The largest absolute Gasteiger partial charge is 0.493 e. The first-order valence-electron chi connectivity index (χ1n) is 5.47. The maximum atomic E-state index is 12.8. The molecule has 0 aromatic heterocycles. The van der Waals surface area contributed by atoms with E-state index in [2.05, 4.69) is 0 Å². The zero-order valence-electron chi connectivity index (χ0n) is 10.2. The summed E-state index contributed by atoms with van der Waals surface area (Å²) in [6.45, 7) is 5.98. The van der Waals surface area contributed by atoms with Crippen molar-refractivity contribution < 1.29 is 17.0 Å². The Hall–Kier alpha value is -1.10. The van der Waals surface area contributed by atoms with E-state index in [1.165, 1.54) is 6.92 Å². The molecule has 0 heterocycles. The Morgan fingerprint density at radius 1 is 1.18 bits per heavy atom. The van der Waals surface area contributed by atoms with Gasteiger partial charge in [-0.2, -0.15) is 8.42 Å². The first kappa shape index (κ1) is 14.0. The summed E-state index contributed by atoms with van der Waals surface area (Å²) in [5.74, 6) is 1.07. The average molecular weight is 260 g/mol. The first-order valence-corrected chi connectivity index (χ1v) is 6.91. The van der Waals surface area contributed by atoms with Crippen LogP contribution in [0.2, 0.25) is 0 Å². The molecule has 3 nitrogen and oxygen atoms in total. The van der Waals surface area contributed by atoms with E-state index < -0.39 is 15.5 Å². The van der Waals surface area contributed by atoms with Gasteiger partial charge in [0.05, 0.1) is 6.61 Å². The highest BCUT2D eigenvalue weighted by Gasteiger charge is 2.21. The van der Waals surface area contributed by atoms with E-state index in [4.69, 9.17) is 4.74 Å². The van der Waals surface area contributed by atoms with Crippen molar-refractivity contribution in [1.29, 1.82) is 0 Å². The van der Waals surface area contributed by atoms with Gasteiger partial charge >= 0.3 is 10.2 Å². The number of hydrogen-bond acceptors (Lipinski definition) is 3. The molecular weight excluding hydrogens is 243 g/mol. The third kappa shape index (κ3) is 4.34. The van der Waals surface area contributed by atoms with Gasteiger partial charge in [0.25, 0.3) is 0 Å². The Labute approximate surface area is 102 Å². The Bertz CT molecular complexity index is 451. The molecule has 0 aliphatic carbocycles. The van der Waals surface area contributed by atoms with Crippen molar-refractivity contribution in [3.05, 3.63) is 29.8 Å². The van der Waals surface area contributed by atoms with Crippen LogP contribution in [-0.4, -0.2) is 15.0 Å². The summed E-state index contributed by atoms with van der Waals surface area (Å²) in [6, 6.07) is 6.44. The number of halogens is 1. The van der Waals surface area contributed by atoms with E-state index in [1.807, 2.05) is 13.8 Å². The van der Waals surface area contributed by atoms with E-state index >= 15 is 0 Å². The molecule has 1 aromatic carbocycles. The van der Waals surface area contributed by atoms with Crippen LogP contribution in [0.5, 0.6) is 5.75 Å². The van der Waals surface area contributed by atoms with Gasteiger partial charge in [-0.25, -0.2) is 0 Å². The molecule has 0 N–H and O–H groups in total. The average Bonchev–Trinajstić information content (AvgIpc) is 2.25. The Kier molecular flexibility index (Phi) is 4.51. The van der Waals surface area contributed by atoms with Crippen molar-refractivity contribution in [3.63, 3.8) is 0 Å². The lowest BCUT2D eigenvalue weighted by atomic mass is 10.1. The lowest BCUT2D eigenvalue weighted by molar-refractivity contribution is 0.271. The molecule has 0 aliphatic heterocycles. The maximum Gasteiger partial charge on any atom is 0.309 e. The van der Waals surface area contributed by atoms with Crippen LogP contribution in [0.25, 0.3) is 0 Å². The molecule has 1 atom stereocenters. The van der Waals surface area contributed by atoms with Crippen LogP contribution >= 0.6 is 0 Å². The van der Waals surface area contributed by atoms with E-state index in [1.54, 1.807) is 24.3 Å². The van der Waals surface area contributed by atoms with Crippen LogP contribution in [-0.2, 0) is 10.2 Å². The van der Waals surface area contributed by atoms with Crippen LogP contribution in [0, 0.1) is 5.92 Å². The Morgan fingerprint density at radius 3 is 2.12 bits per heavy atom. The fourth-order valence-corrected chi connectivity index (χ4v) is 1.74. The summed E-state index contributed by atoms with van der Waals surface area (Å²) in [7, 11) is -4.54. The van der Waals surface area contributed by atoms with Crippen LogP contribution < -0.4 is 4.74 Å². The predicted molar refractivity (Wildman–Crippen MR) is 65.2 cm³/mol. The monoisotopic (exact) mass is 260 g/mol. The quantitative estimate of drug-likeness (QED) is 0.764. The van der Waals surface area contributed by atoms with Crippen molar-refractivity contribution in [1.82, 2.24) is 0 Å². The van der Waals surface area contributed by atoms with E-state index in [9.17, 15) is 12.3 Å². The SMILES string of the molecule is CC(C)COc1ccc(C(C)S(=O)(=O)F)cc1. The number of hydrogen-bond donors (Lipinski definition) is 0. The van der Waals surface area contributed by atoms with Crippen molar-refractivity contribution in [2.45, 2.75) is 26.0 Å². The summed E-state index contributed by atoms with van der Waals surface area (Å²) in [5.41, 5.74) is 0.421. The highest BCUT2D eigenvalue weighted by molar-refractivity contribution is 7.86. The molecule has 0 saturated carbocycles. The predicted octanol–water partition coefficient (Wildman–Crippen LogP) is 3.08. The summed E-state index contributed by atoms with van der Waals surface area (Å²) in [4.78, 5) is 0. The van der Waals surface area contributed by atoms with Crippen molar-refractivity contribution in [2.24, 2.45) is 5.92 Å². The molecule has 17 heavy (non-hydrogen) atoms. The van der Waals surface area contributed by atoms with E-state index in [0.717, 1.165) is 0 Å². The normalized spacial score (nSPS) is 13.7. The van der Waals surface area contributed by atoms with E-state index in [-0.39, 0.29) is 0 Å². The minimum Gasteiger partial charge on any atom is -0.493 e. The molecule has 0 aliphatic rings. The highest BCUT2D eigenvalue weighted by Crippen LogP contribution is 2.25. The second-order valence-electron chi connectivity index (χ2n) is 4.39. The molecule has 0 spiro atoms. The van der Waals surface area contributed by atoms with Gasteiger partial charge in [-0.05, 0) is 30.5 Å². The number of benzene rings is 1. The standard InChI is InChI=1S/C12H17FO3S/c1-9(2)8-16-12-6-4-11(5-7-12)10(3)17(13,14)15/h4-7,9-10H,8H2,1-3H3. The van der Waals surface area contributed by atoms with E-state index in [0.29, 0.717) is 23.8 Å². The van der Waals surface area contributed by atoms with Crippen LogP contribution in [0.4, 0.5) is 3.89 Å². The van der Waals surface area contributed by atoms with Crippen molar-refractivity contribution in [3.8, 4) is 5.75 Å². The van der Waals surface area contributed by atoms with Gasteiger partial charge in [-0.15, -0.1) is 3.89 Å². The van der Waals surface area contributed by atoms with Crippen molar-refractivity contribution >= 4 is 10.2 Å². The molecule has 0 fully saturated rings. The Morgan fingerprint density at radius 2 is 1.71 bits per heavy atom. The summed E-state index contributed by atoms with van der Waals surface area (Å²) in [5, 5.41) is -1.14. The third-order valence-electron chi connectivity index (χ3n) is 2.36. The molecular formula is C12H17FO3S. The molecule has 1 aromatic rings. The molecule has 0 radical (unpaired) electrons. The summed E-state index contributed by atoms with van der Waals surface area (Å²) >= 11 is 0. The lowest BCUT2D eigenvalue weighted by Gasteiger charge is -2.10. The number of ether oxygens (including phenoxy) is 1. The van der Waals surface area contributed by atoms with Gasteiger partial charge in [0.15, 0.2) is 0 Å². The smallest absolute Gasteiger partial charge is 0.309 e. The van der Waals surface area contributed by atoms with Crippen LogP contribution in [0.1, 0.15) is 31.6 Å². The zero-order chi connectivity index (χ0) is 13.1. The van der Waals surface area contributed by atoms with Gasteiger partial charge < -0.3 is 4.74 Å². The molecule has 0 saturated heterocycles. The van der Waals surface area contributed by atoms with Gasteiger partial charge in [0, 0.05) is 0 Å². The van der Waals surface area contributed by atoms with Gasteiger partial charge in [-0.1, -0.05) is 26.0 Å². The van der Waals surface area contributed by atoms with Crippen LogP contribution in [0.3, 0.4) is 0 Å². The van der Waals surface area contributed by atoms with Gasteiger partial charge in [-0.3, -0.25) is 0 Å². The molecule has 0 bridgehead atoms. The fourth-order valence-electron chi connectivity index (χ4n) is 1.26. The molecule has 5 heteroatoms. The summed E-state index contributed by atoms with van der Waals surface area (Å²) in [6.07, 6.45) is 0. The third-order valence-corrected chi connectivity index (χ3v) is 3.47. The van der Waals surface area contributed by atoms with Crippen LogP contribution in [0.15, 0.2) is 24.3 Å². The lowest BCUT2D eigenvalue weighted by Crippen LogP contribution is -2.06. The minimum absolute atomic E-state index is 0.416. The second-order valence-corrected chi connectivity index (χ2v) is 6.05. The summed E-state index contributed by atoms with van der Waals surface area (Å²) < 4.78 is 39.7. The molecule has 1 rings (SSSR count). The van der Waals surface area contributed by atoms with Gasteiger partial charge in [0.2, 0.25) is 0 Å². The maximum absolute atomic E-state index is 12.8. The second kappa shape index (κ2) is 5.49. The molecule has 1 unspecified atom stereocenters.